The summed E-state index contributed by atoms with van der Waals surface area (Å²) in [5, 5.41) is 1.69. The minimum absolute atomic E-state index is 0.00926. The fraction of sp³-hybridized carbons (Fsp3) is 0.250. The number of aromatic nitrogens is 2. The molecule has 2 aromatic rings. The van der Waals surface area contributed by atoms with E-state index in [1.807, 2.05) is 31.2 Å². The van der Waals surface area contributed by atoms with Gasteiger partial charge in [0, 0.05) is 23.5 Å². The second-order valence-corrected chi connectivity index (χ2v) is 5.35. The average molecular weight is 268 g/mol. The van der Waals surface area contributed by atoms with Crippen LogP contribution in [-0.2, 0) is 0 Å². The molecular formula is C12H14ClN3S. The Labute approximate surface area is 110 Å². The van der Waals surface area contributed by atoms with E-state index >= 15 is 0 Å². The van der Waals surface area contributed by atoms with E-state index in [1.165, 1.54) is 0 Å². The smallest absolute Gasteiger partial charge is 0.165 e. The molecule has 0 aliphatic carbocycles. The predicted octanol–water partition coefficient (Wildman–Crippen LogP) is 3.24. The number of nitrogens with one attached hydrogen (secondary N) is 1. The molecule has 1 heterocycles. The van der Waals surface area contributed by atoms with Crippen molar-refractivity contribution >= 4 is 23.4 Å². The molecule has 3 N–H and O–H groups in total. The zero-order valence-corrected chi connectivity index (χ0v) is 11.0. The number of nitrogens with zero attached hydrogens (tertiary/aromatic N) is 1. The van der Waals surface area contributed by atoms with Crippen LogP contribution in [0.3, 0.4) is 0 Å². The first kappa shape index (κ1) is 12.5. The second kappa shape index (κ2) is 5.58. The van der Waals surface area contributed by atoms with E-state index in [1.54, 1.807) is 24.2 Å². The molecular weight excluding hydrogens is 254 g/mol. The normalized spacial score (nSPS) is 14.5. The van der Waals surface area contributed by atoms with Gasteiger partial charge in [0.25, 0.3) is 0 Å². The number of benzene rings is 1. The Bertz CT molecular complexity index is 470. The minimum Gasteiger partial charge on any atom is -0.340 e. The zero-order chi connectivity index (χ0) is 12.3. The zero-order valence-electron chi connectivity index (χ0n) is 9.43. The van der Waals surface area contributed by atoms with Crippen molar-refractivity contribution in [2.45, 2.75) is 23.4 Å². The molecule has 0 amide bonds. The molecule has 0 spiro atoms. The predicted molar refractivity (Wildman–Crippen MR) is 72.3 cm³/mol. The quantitative estimate of drug-likeness (QED) is 0.836. The third-order valence-electron chi connectivity index (χ3n) is 2.40. The van der Waals surface area contributed by atoms with Gasteiger partial charge in [-0.15, -0.1) is 0 Å². The number of nitrogens with two attached hydrogens (primary N) is 1. The number of imidazole rings is 1. The van der Waals surface area contributed by atoms with E-state index in [-0.39, 0.29) is 11.3 Å². The fourth-order valence-corrected chi connectivity index (χ4v) is 2.96. The molecule has 0 saturated carbocycles. The lowest BCUT2D eigenvalue weighted by molar-refractivity contribution is 0.719. The molecule has 0 fully saturated rings. The van der Waals surface area contributed by atoms with Gasteiger partial charge in [-0.05, 0) is 18.6 Å². The molecule has 2 rings (SSSR count). The maximum atomic E-state index is 6.20. The number of hydrogen-bond donors (Lipinski definition) is 2. The van der Waals surface area contributed by atoms with Crippen molar-refractivity contribution in [1.82, 2.24) is 9.97 Å². The van der Waals surface area contributed by atoms with Gasteiger partial charge < -0.3 is 10.7 Å². The van der Waals surface area contributed by atoms with Crippen LogP contribution in [0.2, 0.25) is 5.02 Å². The molecule has 17 heavy (non-hydrogen) atoms. The molecule has 3 nitrogen and oxygen atoms in total. The molecule has 1 aromatic heterocycles. The Morgan fingerprint density at radius 1 is 1.41 bits per heavy atom. The number of hydrogen-bond acceptors (Lipinski definition) is 3. The van der Waals surface area contributed by atoms with Crippen molar-refractivity contribution < 1.29 is 0 Å². The standard InChI is InChI=1S/C12H14ClN3S/c1-8(14)11(17-12-15-6-7-16-12)9-4-2-3-5-10(9)13/h2-8,11H,14H2,1H3,(H,15,16). The van der Waals surface area contributed by atoms with Crippen LogP contribution in [0.25, 0.3) is 0 Å². The van der Waals surface area contributed by atoms with Crippen molar-refractivity contribution in [2.75, 3.05) is 0 Å². The lowest BCUT2D eigenvalue weighted by Gasteiger charge is -2.20. The van der Waals surface area contributed by atoms with Gasteiger partial charge in [-0.3, -0.25) is 0 Å². The van der Waals surface area contributed by atoms with Crippen molar-refractivity contribution in [1.29, 1.82) is 0 Å². The first-order valence-corrected chi connectivity index (χ1v) is 6.60. The van der Waals surface area contributed by atoms with Gasteiger partial charge in [0.2, 0.25) is 0 Å². The summed E-state index contributed by atoms with van der Waals surface area (Å²) < 4.78 is 0. The van der Waals surface area contributed by atoms with Gasteiger partial charge in [0.15, 0.2) is 5.16 Å². The number of H-pyrrole nitrogens is 1. The number of halogens is 1. The van der Waals surface area contributed by atoms with Crippen LogP contribution in [0.15, 0.2) is 41.8 Å². The minimum atomic E-state index is -0.00926. The van der Waals surface area contributed by atoms with Crippen molar-refractivity contribution in [3.63, 3.8) is 0 Å². The SMILES string of the molecule is CC(N)C(Sc1ncc[nH]1)c1ccccc1Cl. The molecule has 5 heteroatoms. The molecule has 0 radical (unpaired) electrons. The van der Waals surface area contributed by atoms with Crippen LogP contribution in [0.4, 0.5) is 0 Å². The van der Waals surface area contributed by atoms with Crippen molar-refractivity contribution in [2.24, 2.45) is 5.73 Å². The summed E-state index contributed by atoms with van der Waals surface area (Å²) in [6, 6.07) is 7.77. The third-order valence-corrected chi connectivity index (χ3v) is 4.13. The van der Waals surface area contributed by atoms with E-state index in [0.717, 1.165) is 15.7 Å². The van der Waals surface area contributed by atoms with E-state index < -0.39 is 0 Å². The highest BCUT2D eigenvalue weighted by Crippen LogP contribution is 2.38. The third kappa shape index (κ3) is 3.03. The Balaban J connectivity index is 2.27. The van der Waals surface area contributed by atoms with Crippen LogP contribution in [0.1, 0.15) is 17.7 Å². The number of rotatable bonds is 4. The van der Waals surface area contributed by atoms with Gasteiger partial charge >= 0.3 is 0 Å². The Morgan fingerprint density at radius 3 is 2.76 bits per heavy atom. The number of thioether (sulfide) groups is 1. The van der Waals surface area contributed by atoms with Crippen LogP contribution in [-0.4, -0.2) is 16.0 Å². The lowest BCUT2D eigenvalue weighted by Crippen LogP contribution is -2.22. The second-order valence-electron chi connectivity index (χ2n) is 3.81. The highest BCUT2D eigenvalue weighted by Gasteiger charge is 2.20. The summed E-state index contributed by atoms with van der Waals surface area (Å²) in [5.74, 6) is 0. The van der Waals surface area contributed by atoms with Crippen LogP contribution in [0.5, 0.6) is 0 Å². The summed E-state index contributed by atoms with van der Waals surface area (Å²) in [4.78, 5) is 7.27. The van der Waals surface area contributed by atoms with E-state index in [4.69, 9.17) is 17.3 Å². The molecule has 2 atom stereocenters. The van der Waals surface area contributed by atoms with Gasteiger partial charge in [-0.1, -0.05) is 41.6 Å². The van der Waals surface area contributed by atoms with Crippen molar-refractivity contribution in [3.8, 4) is 0 Å². The van der Waals surface area contributed by atoms with Gasteiger partial charge in [0.1, 0.15) is 0 Å². The Kier molecular flexibility index (Phi) is 4.10. The maximum Gasteiger partial charge on any atom is 0.165 e. The molecule has 0 saturated heterocycles. The maximum absolute atomic E-state index is 6.20. The summed E-state index contributed by atoms with van der Waals surface area (Å²) in [6.45, 7) is 1.98. The molecule has 0 bridgehead atoms. The highest BCUT2D eigenvalue weighted by molar-refractivity contribution is 7.99. The average Bonchev–Trinajstić information content (AvgIpc) is 2.79. The summed E-state index contributed by atoms with van der Waals surface area (Å²) in [5.41, 5.74) is 7.08. The first-order chi connectivity index (χ1) is 8.18. The van der Waals surface area contributed by atoms with E-state index in [9.17, 15) is 0 Å². The summed E-state index contributed by atoms with van der Waals surface area (Å²) in [7, 11) is 0. The van der Waals surface area contributed by atoms with Gasteiger partial charge in [-0.2, -0.15) is 0 Å². The Morgan fingerprint density at radius 2 is 2.18 bits per heavy atom. The van der Waals surface area contributed by atoms with Crippen LogP contribution >= 0.6 is 23.4 Å². The fourth-order valence-electron chi connectivity index (χ4n) is 1.60. The molecule has 90 valence electrons. The van der Waals surface area contributed by atoms with E-state index in [2.05, 4.69) is 9.97 Å². The summed E-state index contributed by atoms with van der Waals surface area (Å²) >= 11 is 7.80. The monoisotopic (exact) mass is 267 g/mol. The molecule has 1 aromatic carbocycles. The van der Waals surface area contributed by atoms with Crippen molar-refractivity contribution in [3.05, 3.63) is 47.2 Å². The topological polar surface area (TPSA) is 54.7 Å². The van der Waals surface area contributed by atoms with E-state index in [0.29, 0.717) is 0 Å². The molecule has 2 unspecified atom stereocenters. The first-order valence-electron chi connectivity index (χ1n) is 5.34. The number of aromatic amines is 1. The summed E-state index contributed by atoms with van der Waals surface area (Å²) in [6.07, 6.45) is 3.53. The highest BCUT2D eigenvalue weighted by atomic mass is 35.5. The van der Waals surface area contributed by atoms with Gasteiger partial charge in [-0.25, -0.2) is 4.98 Å². The van der Waals surface area contributed by atoms with Crippen LogP contribution in [0, 0.1) is 0 Å². The molecule has 0 aliphatic heterocycles. The van der Waals surface area contributed by atoms with Crippen LogP contribution < -0.4 is 5.73 Å². The lowest BCUT2D eigenvalue weighted by atomic mass is 10.1. The molecule has 0 aliphatic rings. The van der Waals surface area contributed by atoms with Gasteiger partial charge in [0.05, 0.1) is 5.25 Å². The largest absolute Gasteiger partial charge is 0.340 e. The Hall–Kier alpha value is -0.970.